The summed E-state index contributed by atoms with van der Waals surface area (Å²) in [5.74, 6) is 0.917. The number of nitrogens with zero attached hydrogens (tertiary/aromatic N) is 2. The van der Waals surface area contributed by atoms with Crippen molar-refractivity contribution in [1.29, 1.82) is 0 Å². The Balaban J connectivity index is 2.21. The van der Waals surface area contributed by atoms with Crippen LogP contribution in [0.1, 0.15) is 36.3 Å². The van der Waals surface area contributed by atoms with Crippen molar-refractivity contribution in [3.05, 3.63) is 53.6 Å². The lowest BCUT2D eigenvalue weighted by Gasteiger charge is -2.19. The highest BCUT2D eigenvalue weighted by atomic mass is 16.5. The van der Waals surface area contributed by atoms with Gasteiger partial charge in [0.2, 0.25) is 0 Å². The van der Waals surface area contributed by atoms with E-state index in [0.717, 1.165) is 36.5 Å². The van der Waals surface area contributed by atoms with Gasteiger partial charge in [-0.05, 0) is 37.9 Å². The Morgan fingerprint density at radius 3 is 2.67 bits per heavy atom. The van der Waals surface area contributed by atoms with Gasteiger partial charge in [-0.1, -0.05) is 25.1 Å². The van der Waals surface area contributed by atoms with E-state index in [0.29, 0.717) is 0 Å². The van der Waals surface area contributed by atoms with Crippen LogP contribution in [-0.4, -0.2) is 23.6 Å². The third-order valence-corrected chi connectivity index (χ3v) is 3.42. The number of para-hydroxylation sites is 1. The third-order valence-electron chi connectivity index (χ3n) is 3.42. The number of hydrogen-bond acceptors (Lipinski definition) is 4. The first-order chi connectivity index (χ1) is 10.2. The fourth-order valence-corrected chi connectivity index (χ4v) is 2.27. The summed E-state index contributed by atoms with van der Waals surface area (Å²) in [6, 6.07) is 8.26. The third kappa shape index (κ3) is 4.26. The van der Waals surface area contributed by atoms with Gasteiger partial charge >= 0.3 is 0 Å². The number of aromatic nitrogens is 2. The number of rotatable bonds is 7. The van der Waals surface area contributed by atoms with E-state index in [-0.39, 0.29) is 6.04 Å². The Morgan fingerprint density at radius 1 is 1.19 bits per heavy atom. The smallest absolute Gasteiger partial charge is 0.122 e. The molecule has 112 valence electrons. The van der Waals surface area contributed by atoms with Crippen molar-refractivity contribution < 1.29 is 4.74 Å². The molecule has 0 fully saturated rings. The van der Waals surface area contributed by atoms with Gasteiger partial charge in [-0.25, -0.2) is 0 Å². The molecule has 21 heavy (non-hydrogen) atoms. The highest BCUT2D eigenvalue weighted by Gasteiger charge is 2.15. The second kappa shape index (κ2) is 7.74. The van der Waals surface area contributed by atoms with Gasteiger partial charge in [-0.15, -0.1) is 0 Å². The first-order valence-corrected chi connectivity index (χ1v) is 7.38. The summed E-state index contributed by atoms with van der Waals surface area (Å²) in [5.41, 5.74) is 3.08. The molecule has 1 aromatic carbocycles. The monoisotopic (exact) mass is 285 g/mol. The number of methoxy groups -OCH3 is 1. The molecular formula is C17H23N3O. The summed E-state index contributed by atoms with van der Waals surface area (Å²) >= 11 is 0. The molecule has 0 spiro atoms. The Hall–Kier alpha value is -1.94. The van der Waals surface area contributed by atoms with Crippen molar-refractivity contribution in [2.45, 2.75) is 32.7 Å². The van der Waals surface area contributed by atoms with Crippen LogP contribution in [0.4, 0.5) is 0 Å². The van der Waals surface area contributed by atoms with Crippen LogP contribution in [0.25, 0.3) is 0 Å². The minimum Gasteiger partial charge on any atom is -0.496 e. The summed E-state index contributed by atoms with van der Waals surface area (Å²) in [4.78, 5) is 8.88. The second-order valence-corrected chi connectivity index (χ2v) is 5.11. The number of hydrogen-bond donors (Lipinski definition) is 1. The van der Waals surface area contributed by atoms with Crippen LogP contribution >= 0.6 is 0 Å². The molecule has 1 aromatic heterocycles. The van der Waals surface area contributed by atoms with Gasteiger partial charge in [0.1, 0.15) is 5.75 Å². The van der Waals surface area contributed by atoms with Gasteiger partial charge in [0, 0.05) is 6.20 Å². The van der Waals surface area contributed by atoms with Gasteiger partial charge in [0.05, 0.1) is 30.7 Å². The summed E-state index contributed by atoms with van der Waals surface area (Å²) < 4.78 is 5.44. The van der Waals surface area contributed by atoms with Crippen molar-refractivity contribution in [3.8, 4) is 5.75 Å². The molecule has 2 aromatic rings. The van der Waals surface area contributed by atoms with E-state index in [2.05, 4.69) is 28.3 Å². The zero-order valence-electron chi connectivity index (χ0n) is 13.0. The molecule has 0 aliphatic heterocycles. The molecule has 0 saturated carbocycles. The Morgan fingerprint density at radius 2 is 2.00 bits per heavy atom. The van der Waals surface area contributed by atoms with E-state index in [1.54, 1.807) is 7.11 Å². The first-order valence-electron chi connectivity index (χ1n) is 7.38. The van der Waals surface area contributed by atoms with Crippen LogP contribution < -0.4 is 10.1 Å². The maximum Gasteiger partial charge on any atom is 0.122 e. The zero-order valence-corrected chi connectivity index (χ0v) is 13.0. The Labute approximate surface area is 126 Å². The molecular weight excluding hydrogens is 262 g/mol. The largest absolute Gasteiger partial charge is 0.496 e. The predicted octanol–water partition coefficient (Wildman–Crippen LogP) is 3.08. The predicted molar refractivity (Wildman–Crippen MR) is 84.5 cm³/mol. The lowest BCUT2D eigenvalue weighted by Crippen LogP contribution is -2.25. The average Bonchev–Trinajstić information content (AvgIpc) is 2.52. The first kappa shape index (κ1) is 15.4. The molecule has 0 aliphatic carbocycles. The van der Waals surface area contributed by atoms with Crippen LogP contribution in [-0.2, 0) is 6.42 Å². The van der Waals surface area contributed by atoms with E-state index in [9.17, 15) is 0 Å². The van der Waals surface area contributed by atoms with Gasteiger partial charge in [0.25, 0.3) is 0 Å². The minimum atomic E-state index is 0.148. The van der Waals surface area contributed by atoms with E-state index in [4.69, 9.17) is 4.74 Å². The van der Waals surface area contributed by atoms with Crippen molar-refractivity contribution in [1.82, 2.24) is 15.3 Å². The maximum atomic E-state index is 5.44. The van der Waals surface area contributed by atoms with Crippen LogP contribution in [0.15, 0.2) is 36.7 Å². The number of nitrogens with one attached hydrogen (secondary N) is 1. The van der Waals surface area contributed by atoms with E-state index < -0.39 is 0 Å². The highest BCUT2D eigenvalue weighted by Crippen LogP contribution is 2.24. The standard InChI is InChI=1S/C17H23N3O/c1-4-9-18-15(16-12-19-13(2)11-20-16)10-14-7-5-6-8-17(14)21-3/h5-8,11-12,15,18H,4,9-10H2,1-3H3. The molecule has 0 radical (unpaired) electrons. The van der Waals surface area contributed by atoms with Gasteiger partial charge < -0.3 is 10.1 Å². The van der Waals surface area contributed by atoms with Crippen molar-refractivity contribution in [2.24, 2.45) is 0 Å². The molecule has 4 nitrogen and oxygen atoms in total. The number of ether oxygens (including phenoxy) is 1. The normalized spacial score (nSPS) is 12.1. The summed E-state index contributed by atoms with van der Waals surface area (Å²) in [6.07, 6.45) is 5.60. The second-order valence-electron chi connectivity index (χ2n) is 5.11. The lowest BCUT2D eigenvalue weighted by atomic mass is 10.0. The molecule has 4 heteroatoms. The molecule has 0 saturated heterocycles. The van der Waals surface area contributed by atoms with Gasteiger partial charge in [0.15, 0.2) is 0 Å². The Bertz CT molecular complexity index is 554. The van der Waals surface area contributed by atoms with Gasteiger partial charge in [-0.3, -0.25) is 9.97 Å². The topological polar surface area (TPSA) is 47.0 Å². The quantitative estimate of drug-likeness (QED) is 0.849. The van der Waals surface area contributed by atoms with Crippen LogP contribution in [0.2, 0.25) is 0 Å². The molecule has 0 amide bonds. The fourth-order valence-electron chi connectivity index (χ4n) is 2.27. The van der Waals surface area contributed by atoms with Crippen molar-refractivity contribution in [3.63, 3.8) is 0 Å². The fraction of sp³-hybridized carbons (Fsp3) is 0.412. The van der Waals surface area contributed by atoms with Crippen LogP contribution in [0, 0.1) is 6.92 Å². The van der Waals surface area contributed by atoms with Crippen LogP contribution in [0.5, 0.6) is 5.75 Å². The van der Waals surface area contributed by atoms with E-state index in [1.165, 1.54) is 5.56 Å². The summed E-state index contributed by atoms with van der Waals surface area (Å²) in [6.45, 7) is 5.06. The van der Waals surface area contributed by atoms with Crippen LogP contribution in [0.3, 0.4) is 0 Å². The molecule has 0 aliphatic rings. The molecule has 1 heterocycles. The van der Waals surface area contributed by atoms with E-state index >= 15 is 0 Å². The van der Waals surface area contributed by atoms with Crippen molar-refractivity contribution in [2.75, 3.05) is 13.7 Å². The summed E-state index contributed by atoms with van der Waals surface area (Å²) in [7, 11) is 1.71. The zero-order chi connectivity index (χ0) is 15.1. The Kier molecular flexibility index (Phi) is 5.69. The highest BCUT2D eigenvalue weighted by molar-refractivity contribution is 5.34. The molecule has 1 N–H and O–H groups in total. The van der Waals surface area contributed by atoms with Crippen molar-refractivity contribution >= 4 is 0 Å². The average molecular weight is 285 g/mol. The molecule has 2 rings (SSSR count). The molecule has 0 bridgehead atoms. The SMILES string of the molecule is CCCNC(Cc1ccccc1OC)c1cnc(C)cn1. The lowest BCUT2D eigenvalue weighted by molar-refractivity contribution is 0.404. The van der Waals surface area contributed by atoms with E-state index in [1.807, 2.05) is 37.5 Å². The number of benzene rings is 1. The molecule has 1 atom stereocenters. The minimum absolute atomic E-state index is 0.148. The maximum absolute atomic E-state index is 5.44. The summed E-state index contributed by atoms with van der Waals surface area (Å²) in [5, 5.41) is 3.55. The van der Waals surface area contributed by atoms with Gasteiger partial charge in [-0.2, -0.15) is 0 Å². The molecule has 1 unspecified atom stereocenters. The number of aryl methyl sites for hydroxylation is 1.